The van der Waals surface area contributed by atoms with E-state index in [0.717, 1.165) is 6.54 Å². The Morgan fingerprint density at radius 3 is 2.95 bits per heavy atom. The molecule has 0 aromatic heterocycles. The highest BCUT2D eigenvalue weighted by Gasteiger charge is 2.23. The van der Waals surface area contributed by atoms with Crippen LogP contribution in [0.1, 0.15) is 12.5 Å². The van der Waals surface area contributed by atoms with Crippen LogP contribution >= 0.6 is 0 Å². The van der Waals surface area contributed by atoms with E-state index in [-0.39, 0.29) is 24.1 Å². The molecule has 6 nitrogen and oxygen atoms in total. The van der Waals surface area contributed by atoms with Gasteiger partial charge in [0, 0.05) is 37.3 Å². The Morgan fingerprint density at radius 2 is 2.26 bits per heavy atom. The Balaban J connectivity index is 2.08. The first-order chi connectivity index (χ1) is 9.08. The van der Waals surface area contributed by atoms with E-state index in [2.05, 4.69) is 5.32 Å². The number of carbonyl (C=O) groups excluding carboxylic acids is 1. The molecular formula is C13H17N3O3. The van der Waals surface area contributed by atoms with Crippen LogP contribution in [0, 0.1) is 10.1 Å². The van der Waals surface area contributed by atoms with E-state index in [1.165, 1.54) is 6.07 Å². The molecule has 1 aliphatic heterocycles. The summed E-state index contributed by atoms with van der Waals surface area (Å²) in [5, 5.41) is 14.2. The fraction of sp³-hybridized carbons (Fsp3) is 0.462. The van der Waals surface area contributed by atoms with Gasteiger partial charge in [-0.25, -0.2) is 0 Å². The molecule has 1 fully saturated rings. The third kappa shape index (κ3) is 3.29. The van der Waals surface area contributed by atoms with Crippen molar-refractivity contribution in [2.75, 3.05) is 19.6 Å². The maximum atomic E-state index is 12.2. The van der Waals surface area contributed by atoms with E-state index in [1.807, 2.05) is 6.92 Å². The zero-order valence-electron chi connectivity index (χ0n) is 10.8. The van der Waals surface area contributed by atoms with Gasteiger partial charge in [-0.3, -0.25) is 14.9 Å². The highest BCUT2D eigenvalue weighted by Crippen LogP contribution is 2.19. The van der Waals surface area contributed by atoms with E-state index in [1.54, 1.807) is 23.1 Å². The van der Waals surface area contributed by atoms with Crippen molar-refractivity contribution < 1.29 is 9.72 Å². The maximum Gasteiger partial charge on any atom is 0.273 e. The summed E-state index contributed by atoms with van der Waals surface area (Å²) in [4.78, 5) is 24.4. The molecule has 1 heterocycles. The minimum Gasteiger partial charge on any atom is -0.340 e. The molecule has 102 valence electrons. The lowest BCUT2D eigenvalue weighted by Gasteiger charge is -2.32. The molecule has 1 aliphatic rings. The van der Waals surface area contributed by atoms with Crippen molar-refractivity contribution in [2.24, 2.45) is 0 Å². The summed E-state index contributed by atoms with van der Waals surface area (Å²) in [7, 11) is 0. The Bertz CT molecular complexity index is 490. The zero-order valence-corrected chi connectivity index (χ0v) is 10.8. The summed E-state index contributed by atoms with van der Waals surface area (Å²) in [5.41, 5.74) is 0.489. The molecule has 2 rings (SSSR count). The molecule has 0 bridgehead atoms. The van der Waals surface area contributed by atoms with E-state index in [4.69, 9.17) is 0 Å². The van der Waals surface area contributed by atoms with Gasteiger partial charge < -0.3 is 10.2 Å². The van der Waals surface area contributed by atoms with Crippen LogP contribution in [-0.2, 0) is 11.2 Å². The molecular weight excluding hydrogens is 246 g/mol. The van der Waals surface area contributed by atoms with E-state index in [0.29, 0.717) is 18.7 Å². The van der Waals surface area contributed by atoms with Gasteiger partial charge in [0.2, 0.25) is 5.91 Å². The number of nitrogens with one attached hydrogen (secondary N) is 1. The summed E-state index contributed by atoms with van der Waals surface area (Å²) in [6.07, 6.45) is 0.0872. The molecule has 0 saturated carbocycles. The second kappa shape index (κ2) is 5.79. The Kier molecular flexibility index (Phi) is 4.11. The summed E-state index contributed by atoms with van der Waals surface area (Å²) in [6, 6.07) is 6.67. The van der Waals surface area contributed by atoms with Crippen LogP contribution < -0.4 is 5.32 Å². The van der Waals surface area contributed by atoms with Crippen LogP contribution in [0.25, 0.3) is 0 Å². The van der Waals surface area contributed by atoms with Gasteiger partial charge in [0.25, 0.3) is 5.69 Å². The van der Waals surface area contributed by atoms with Crippen LogP contribution in [0.5, 0.6) is 0 Å². The lowest BCUT2D eigenvalue weighted by Crippen LogP contribution is -2.51. The first-order valence-electron chi connectivity index (χ1n) is 6.31. The van der Waals surface area contributed by atoms with Gasteiger partial charge >= 0.3 is 0 Å². The minimum absolute atomic E-state index is 0.0130. The Labute approximate surface area is 111 Å². The lowest BCUT2D eigenvalue weighted by atomic mass is 10.1. The quantitative estimate of drug-likeness (QED) is 0.651. The van der Waals surface area contributed by atoms with Crippen LogP contribution in [0.15, 0.2) is 24.3 Å². The number of nitro groups is 1. The molecule has 1 aromatic rings. The molecule has 0 radical (unpaired) electrons. The van der Waals surface area contributed by atoms with Gasteiger partial charge in [0.15, 0.2) is 0 Å². The SMILES string of the molecule is C[C@@H]1CN(C(=O)Cc2ccccc2[N+](=O)[O-])CCN1. The molecule has 0 spiro atoms. The van der Waals surface area contributed by atoms with Crippen molar-refractivity contribution in [3.63, 3.8) is 0 Å². The van der Waals surface area contributed by atoms with Gasteiger partial charge in [0.1, 0.15) is 0 Å². The molecule has 6 heteroatoms. The zero-order chi connectivity index (χ0) is 13.8. The largest absolute Gasteiger partial charge is 0.340 e. The minimum atomic E-state index is -0.441. The van der Waals surface area contributed by atoms with E-state index in [9.17, 15) is 14.9 Å². The van der Waals surface area contributed by atoms with Crippen molar-refractivity contribution in [2.45, 2.75) is 19.4 Å². The van der Waals surface area contributed by atoms with Crippen molar-refractivity contribution >= 4 is 11.6 Å². The summed E-state index contributed by atoms with van der Waals surface area (Å²) in [5.74, 6) is -0.0531. The maximum absolute atomic E-state index is 12.2. The molecule has 19 heavy (non-hydrogen) atoms. The standard InChI is InChI=1S/C13H17N3O3/c1-10-9-15(7-6-14-10)13(17)8-11-4-2-3-5-12(11)16(18)19/h2-5,10,14H,6-9H2,1H3/t10-/m1/s1. The van der Waals surface area contributed by atoms with E-state index < -0.39 is 4.92 Å². The molecule has 1 amide bonds. The van der Waals surface area contributed by atoms with Crippen LogP contribution in [0.4, 0.5) is 5.69 Å². The number of nitrogens with zero attached hydrogens (tertiary/aromatic N) is 2. The first kappa shape index (κ1) is 13.5. The molecule has 1 aromatic carbocycles. The number of amides is 1. The topological polar surface area (TPSA) is 75.5 Å². The van der Waals surface area contributed by atoms with Gasteiger partial charge in [-0.15, -0.1) is 0 Å². The molecule has 0 aliphatic carbocycles. The lowest BCUT2D eigenvalue weighted by molar-refractivity contribution is -0.385. The third-order valence-corrected chi connectivity index (χ3v) is 3.25. The van der Waals surface area contributed by atoms with Crippen LogP contribution in [-0.4, -0.2) is 41.4 Å². The third-order valence-electron chi connectivity index (χ3n) is 3.25. The van der Waals surface area contributed by atoms with Crippen LogP contribution in [0.3, 0.4) is 0 Å². The van der Waals surface area contributed by atoms with Crippen molar-refractivity contribution in [3.8, 4) is 0 Å². The predicted octanol–water partition coefficient (Wildman–Crippen LogP) is 0.958. The number of rotatable bonds is 3. The normalized spacial score (nSPS) is 19.2. The van der Waals surface area contributed by atoms with Crippen molar-refractivity contribution in [3.05, 3.63) is 39.9 Å². The second-order valence-corrected chi connectivity index (χ2v) is 4.76. The van der Waals surface area contributed by atoms with Gasteiger partial charge in [-0.05, 0) is 6.92 Å². The fourth-order valence-corrected chi connectivity index (χ4v) is 2.27. The number of hydrogen-bond acceptors (Lipinski definition) is 4. The average Bonchev–Trinajstić information content (AvgIpc) is 2.39. The Hall–Kier alpha value is -1.95. The molecule has 1 N–H and O–H groups in total. The monoisotopic (exact) mass is 263 g/mol. The Morgan fingerprint density at radius 1 is 1.53 bits per heavy atom. The molecule has 0 unspecified atom stereocenters. The number of nitro benzene ring substituents is 1. The second-order valence-electron chi connectivity index (χ2n) is 4.76. The highest BCUT2D eigenvalue weighted by molar-refractivity contribution is 5.80. The summed E-state index contributed by atoms with van der Waals surface area (Å²) < 4.78 is 0. The first-order valence-corrected chi connectivity index (χ1v) is 6.31. The summed E-state index contributed by atoms with van der Waals surface area (Å²) >= 11 is 0. The molecule has 1 atom stereocenters. The average molecular weight is 263 g/mol. The van der Waals surface area contributed by atoms with Gasteiger partial charge in [-0.2, -0.15) is 0 Å². The number of piperazine rings is 1. The van der Waals surface area contributed by atoms with Crippen molar-refractivity contribution in [1.29, 1.82) is 0 Å². The smallest absolute Gasteiger partial charge is 0.273 e. The number of benzene rings is 1. The predicted molar refractivity (Wildman–Crippen MR) is 70.8 cm³/mol. The highest BCUT2D eigenvalue weighted by atomic mass is 16.6. The van der Waals surface area contributed by atoms with Gasteiger partial charge in [-0.1, -0.05) is 18.2 Å². The van der Waals surface area contributed by atoms with E-state index >= 15 is 0 Å². The summed E-state index contributed by atoms with van der Waals surface area (Å²) in [6.45, 7) is 4.09. The number of carbonyl (C=O) groups is 1. The van der Waals surface area contributed by atoms with Crippen LogP contribution in [0.2, 0.25) is 0 Å². The number of para-hydroxylation sites is 1. The molecule has 1 saturated heterocycles. The number of hydrogen-bond donors (Lipinski definition) is 1. The van der Waals surface area contributed by atoms with Crippen molar-refractivity contribution in [1.82, 2.24) is 10.2 Å². The van der Waals surface area contributed by atoms with Gasteiger partial charge in [0.05, 0.1) is 11.3 Å². The fourth-order valence-electron chi connectivity index (χ4n) is 2.27.